The molecule has 2 amide bonds. The predicted molar refractivity (Wildman–Crippen MR) is 77.8 cm³/mol. The van der Waals surface area contributed by atoms with E-state index in [2.05, 4.69) is 10.6 Å². The van der Waals surface area contributed by atoms with Gasteiger partial charge in [-0.05, 0) is 24.1 Å². The van der Waals surface area contributed by atoms with Crippen LogP contribution in [0.1, 0.15) is 42.6 Å². The monoisotopic (exact) mass is 292 g/mol. The number of hydrogen-bond acceptors (Lipinski definition) is 3. The van der Waals surface area contributed by atoms with Gasteiger partial charge in [-0.1, -0.05) is 25.5 Å². The third kappa shape index (κ3) is 5.64. The highest BCUT2D eigenvalue weighted by molar-refractivity contribution is 5.96. The summed E-state index contributed by atoms with van der Waals surface area (Å²) < 4.78 is 0. The SMILES string of the molecule is CCCC(NC(=O)c1ccc(CNC(C)=O)cc1)C(=O)O. The van der Waals surface area contributed by atoms with E-state index in [0.717, 1.165) is 5.56 Å². The minimum absolute atomic E-state index is 0.124. The lowest BCUT2D eigenvalue weighted by molar-refractivity contribution is -0.139. The Morgan fingerprint density at radius 2 is 1.81 bits per heavy atom. The maximum absolute atomic E-state index is 12.0. The lowest BCUT2D eigenvalue weighted by Crippen LogP contribution is -2.40. The Balaban J connectivity index is 2.65. The highest BCUT2D eigenvalue weighted by Crippen LogP contribution is 2.06. The van der Waals surface area contributed by atoms with Crippen LogP contribution in [0.25, 0.3) is 0 Å². The molecule has 1 atom stereocenters. The highest BCUT2D eigenvalue weighted by atomic mass is 16.4. The molecule has 0 radical (unpaired) electrons. The Hall–Kier alpha value is -2.37. The van der Waals surface area contributed by atoms with Crippen molar-refractivity contribution in [2.45, 2.75) is 39.3 Å². The van der Waals surface area contributed by atoms with Gasteiger partial charge in [-0.2, -0.15) is 0 Å². The van der Waals surface area contributed by atoms with Crippen LogP contribution in [0, 0.1) is 0 Å². The predicted octanol–water partition coefficient (Wildman–Crippen LogP) is 1.31. The van der Waals surface area contributed by atoms with Crippen molar-refractivity contribution in [3.05, 3.63) is 35.4 Å². The fourth-order valence-electron chi connectivity index (χ4n) is 1.79. The van der Waals surface area contributed by atoms with E-state index >= 15 is 0 Å². The number of carboxylic acids is 1. The first-order valence-electron chi connectivity index (χ1n) is 6.81. The molecule has 0 aliphatic carbocycles. The normalized spacial score (nSPS) is 11.5. The van der Waals surface area contributed by atoms with Crippen molar-refractivity contribution in [3.8, 4) is 0 Å². The number of nitrogens with one attached hydrogen (secondary N) is 2. The van der Waals surface area contributed by atoms with Crippen LogP contribution in [0.15, 0.2) is 24.3 Å². The largest absolute Gasteiger partial charge is 0.480 e. The molecule has 0 aliphatic heterocycles. The van der Waals surface area contributed by atoms with Crippen molar-refractivity contribution < 1.29 is 19.5 Å². The van der Waals surface area contributed by atoms with Crippen molar-refractivity contribution >= 4 is 17.8 Å². The Labute approximate surface area is 123 Å². The maximum Gasteiger partial charge on any atom is 0.326 e. The zero-order valence-corrected chi connectivity index (χ0v) is 12.2. The zero-order chi connectivity index (χ0) is 15.8. The summed E-state index contributed by atoms with van der Waals surface area (Å²) >= 11 is 0. The summed E-state index contributed by atoms with van der Waals surface area (Å²) in [6.45, 7) is 3.69. The third-order valence-corrected chi connectivity index (χ3v) is 2.94. The van der Waals surface area contributed by atoms with Crippen molar-refractivity contribution in [1.29, 1.82) is 0 Å². The fourth-order valence-corrected chi connectivity index (χ4v) is 1.79. The molecule has 21 heavy (non-hydrogen) atoms. The quantitative estimate of drug-likeness (QED) is 0.706. The Morgan fingerprint density at radius 1 is 1.19 bits per heavy atom. The Morgan fingerprint density at radius 3 is 2.29 bits per heavy atom. The number of rotatable bonds is 7. The molecule has 0 aliphatic rings. The first kappa shape index (κ1) is 16.7. The van der Waals surface area contributed by atoms with Crippen molar-refractivity contribution in [1.82, 2.24) is 10.6 Å². The molecule has 0 fully saturated rings. The number of carboxylic acid groups (broad SMARTS) is 1. The first-order chi connectivity index (χ1) is 9.93. The van der Waals surface area contributed by atoms with E-state index in [9.17, 15) is 14.4 Å². The number of hydrogen-bond donors (Lipinski definition) is 3. The van der Waals surface area contributed by atoms with Crippen LogP contribution in [0.5, 0.6) is 0 Å². The van der Waals surface area contributed by atoms with Gasteiger partial charge in [-0.25, -0.2) is 4.79 Å². The fraction of sp³-hybridized carbons (Fsp3) is 0.400. The molecule has 0 bridgehead atoms. The van der Waals surface area contributed by atoms with Crippen molar-refractivity contribution in [2.75, 3.05) is 0 Å². The highest BCUT2D eigenvalue weighted by Gasteiger charge is 2.19. The molecule has 0 saturated carbocycles. The molecule has 1 rings (SSSR count). The topological polar surface area (TPSA) is 95.5 Å². The second-order valence-corrected chi connectivity index (χ2v) is 4.76. The molecule has 3 N–H and O–H groups in total. The van der Waals surface area contributed by atoms with Gasteiger partial charge in [0.2, 0.25) is 5.91 Å². The zero-order valence-electron chi connectivity index (χ0n) is 12.2. The van der Waals surface area contributed by atoms with Gasteiger partial charge in [-0.15, -0.1) is 0 Å². The van der Waals surface area contributed by atoms with Gasteiger partial charge >= 0.3 is 5.97 Å². The molecule has 1 aromatic carbocycles. The van der Waals surface area contributed by atoms with Crippen molar-refractivity contribution in [3.63, 3.8) is 0 Å². The van der Waals surface area contributed by atoms with Crippen LogP contribution in [0.2, 0.25) is 0 Å². The van der Waals surface area contributed by atoms with Gasteiger partial charge in [0.25, 0.3) is 5.91 Å². The molecule has 6 nitrogen and oxygen atoms in total. The Bertz CT molecular complexity index is 511. The van der Waals surface area contributed by atoms with E-state index in [4.69, 9.17) is 5.11 Å². The summed E-state index contributed by atoms with van der Waals surface area (Å²) in [5.41, 5.74) is 1.26. The standard InChI is InChI=1S/C15H20N2O4/c1-3-4-13(15(20)21)17-14(19)12-7-5-11(6-8-12)9-16-10(2)18/h5-8,13H,3-4,9H2,1-2H3,(H,16,18)(H,17,19)(H,20,21). The van der Waals surface area contributed by atoms with Gasteiger partial charge in [0, 0.05) is 19.0 Å². The lowest BCUT2D eigenvalue weighted by Gasteiger charge is -2.13. The van der Waals surface area contributed by atoms with Gasteiger partial charge in [-0.3, -0.25) is 9.59 Å². The second-order valence-electron chi connectivity index (χ2n) is 4.76. The van der Waals surface area contributed by atoms with Crippen LogP contribution in [0.4, 0.5) is 0 Å². The Kier molecular flexibility index (Phi) is 6.39. The van der Waals surface area contributed by atoms with Crippen LogP contribution >= 0.6 is 0 Å². The molecule has 0 aromatic heterocycles. The van der Waals surface area contributed by atoms with E-state index in [1.54, 1.807) is 24.3 Å². The van der Waals surface area contributed by atoms with Crippen LogP contribution in [-0.2, 0) is 16.1 Å². The summed E-state index contributed by atoms with van der Waals surface area (Å²) in [5.74, 6) is -1.57. The average molecular weight is 292 g/mol. The molecular formula is C15H20N2O4. The summed E-state index contributed by atoms with van der Waals surface area (Å²) in [6.07, 6.45) is 1.06. The number of carbonyl (C=O) groups is 3. The number of amides is 2. The number of benzene rings is 1. The summed E-state index contributed by atoms with van der Waals surface area (Å²) in [6, 6.07) is 5.79. The van der Waals surface area contributed by atoms with Gasteiger partial charge in [0.1, 0.15) is 6.04 Å². The maximum atomic E-state index is 12.0. The minimum Gasteiger partial charge on any atom is -0.480 e. The van der Waals surface area contributed by atoms with Crippen LogP contribution in [0.3, 0.4) is 0 Å². The first-order valence-corrected chi connectivity index (χ1v) is 6.81. The van der Waals surface area contributed by atoms with Gasteiger partial charge < -0.3 is 15.7 Å². The molecule has 0 spiro atoms. The summed E-state index contributed by atoms with van der Waals surface area (Å²) in [7, 11) is 0. The molecule has 1 unspecified atom stereocenters. The third-order valence-electron chi connectivity index (χ3n) is 2.94. The summed E-state index contributed by atoms with van der Waals surface area (Å²) in [5, 5.41) is 14.2. The van der Waals surface area contributed by atoms with Crippen LogP contribution < -0.4 is 10.6 Å². The molecular weight excluding hydrogens is 272 g/mol. The molecule has 0 saturated heterocycles. The molecule has 0 heterocycles. The van der Waals surface area contributed by atoms with Crippen LogP contribution in [-0.4, -0.2) is 28.9 Å². The van der Waals surface area contributed by atoms with E-state index in [-0.39, 0.29) is 5.91 Å². The van der Waals surface area contributed by atoms with Crippen molar-refractivity contribution in [2.24, 2.45) is 0 Å². The summed E-state index contributed by atoms with van der Waals surface area (Å²) in [4.78, 5) is 33.8. The smallest absolute Gasteiger partial charge is 0.326 e. The molecule has 6 heteroatoms. The van der Waals surface area contributed by atoms with Gasteiger partial charge in [0.05, 0.1) is 0 Å². The number of aliphatic carboxylic acids is 1. The van der Waals surface area contributed by atoms with E-state index in [0.29, 0.717) is 24.9 Å². The van der Waals surface area contributed by atoms with E-state index in [1.807, 2.05) is 6.92 Å². The molecule has 114 valence electrons. The van der Waals surface area contributed by atoms with Gasteiger partial charge in [0.15, 0.2) is 0 Å². The molecule has 1 aromatic rings. The second kappa shape index (κ2) is 8.04. The lowest BCUT2D eigenvalue weighted by atomic mass is 10.1. The van der Waals surface area contributed by atoms with E-state index < -0.39 is 17.9 Å². The average Bonchev–Trinajstić information content (AvgIpc) is 2.45. The van der Waals surface area contributed by atoms with E-state index in [1.165, 1.54) is 6.92 Å². The number of carbonyl (C=O) groups excluding carboxylic acids is 2. The minimum atomic E-state index is -1.03.